The van der Waals surface area contributed by atoms with E-state index in [0.717, 1.165) is 62.1 Å². The summed E-state index contributed by atoms with van der Waals surface area (Å²) in [4.78, 5) is 28.3. The summed E-state index contributed by atoms with van der Waals surface area (Å²) in [6.45, 7) is 2.80. The standard InChI is InChI=1S/C27H37N3O4/c1-29-11-9-21(16-26(29)31)24-8-10-28-17-25(24)27(32)30(22-6-7-22)18-20-13-19(5-4-12-33-2)14-23(15-20)34-3/h9,11,13-16,22,24-25,28H,4-8,10,12,17-18H2,1-3H3/t24-,25+/m1/s1. The van der Waals surface area contributed by atoms with E-state index in [-0.39, 0.29) is 23.3 Å². The van der Waals surface area contributed by atoms with Crippen LogP contribution in [0.5, 0.6) is 5.75 Å². The third-order valence-electron chi connectivity index (χ3n) is 7.06. The van der Waals surface area contributed by atoms with E-state index in [2.05, 4.69) is 22.3 Å². The highest BCUT2D eigenvalue weighted by Crippen LogP contribution is 2.36. The third kappa shape index (κ3) is 5.88. The molecule has 2 atom stereocenters. The number of rotatable bonds is 10. The number of carbonyl (C=O) groups excluding carboxylic acids is 1. The summed E-state index contributed by atoms with van der Waals surface area (Å²) in [5.74, 6) is 0.890. The van der Waals surface area contributed by atoms with Crippen LogP contribution in [0.1, 0.15) is 48.3 Å². The van der Waals surface area contributed by atoms with Gasteiger partial charge in [0.2, 0.25) is 5.91 Å². The molecule has 0 bridgehead atoms. The minimum Gasteiger partial charge on any atom is -0.497 e. The molecular formula is C27H37N3O4. The molecular weight excluding hydrogens is 430 g/mol. The zero-order valence-corrected chi connectivity index (χ0v) is 20.6. The van der Waals surface area contributed by atoms with Gasteiger partial charge in [0, 0.05) is 52.2 Å². The topological polar surface area (TPSA) is 72.8 Å². The van der Waals surface area contributed by atoms with Gasteiger partial charge in [-0.15, -0.1) is 0 Å². The molecule has 1 amide bonds. The number of aromatic nitrogens is 1. The molecule has 1 aliphatic heterocycles. The van der Waals surface area contributed by atoms with E-state index in [0.29, 0.717) is 19.1 Å². The van der Waals surface area contributed by atoms with Crippen molar-refractivity contribution in [3.8, 4) is 5.75 Å². The summed E-state index contributed by atoms with van der Waals surface area (Å²) in [5.41, 5.74) is 3.24. The maximum atomic E-state index is 13.9. The summed E-state index contributed by atoms with van der Waals surface area (Å²) in [7, 11) is 5.16. The second kappa shape index (κ2) is 11.2. The quantitative estimate of drug-likeness (QED) is 0.544. The average Bonchev–Trinajstić information content (AvgIpc) is 3.69. The van der Waals surface area contributed by atoms with Crippen molar-refractivity contribution in [1.82, 2.24) is 14.8 Å². The molecule has 184 valence electrons. The molecule has 4 rings (SSSR count). The summed E-state index contributed by atoms with van der Waals surface area (Å²) in [5, 5.41) is 3.41. The van der Waals surface area contributed by atoms with Crippen molar-refractivity contribution in [1.29, 1.82) is 0 Å². The fourth-order valence-corrected chi connectivity index (χ4v) is 5.00. The SMILES string of the molecule is COCCCc1cc(CN(C(=O)[C@H]2CNCC[C@@H]2c2ccn(C)c(=O)c2)C2CC2)cc(OC)c1. The predicted molar refractivity (Wildman–Crippen MR) is 132 cm³/mol. The normalized spacial score (nSPS) is 20.2. The number of nitrogens with one attached hydrogen (secondary N) is 1. The van der Waals surface area contributed by atoms with Crippen LogP contribution in [0, 0.1) is 5.92 Å². The molecule has 0 spiro atoms. The smallest absolute Gasteiger partial charge is 0.250 e. The number of hydrogen-bond acceptors (Lipinski definition) is 5. The maximum Gasteiger partial charge on any atom is 0.250 e. The van der Waals surface area contributed by atoms with Crippen molar-refractivity contribution in [3.05, 3.63) is 63.6 Å². The zero-order valence-electron chi connectivity index (χ0n) is 20.6. The average molecular weight is 468 g/mol. The van der Waals surface area contributed by atoms with Crippen molar-refractivity contribution in [2.75, 3.05) is 33.9 Å². The molecule has 2 aliphatic rings. The van der Waals surface area contributed by atoms with Crippen LogP contribution in [-0.2, 0) is 29.5 Å². The molecule has 1 aromatic heterocycles. The number of aryl methyl sites for hydroxylation is 2. The van der Waals surface area contributed by atoms with E-state index in [1.807, 2.05) is 12.1 Å². The second-order valence-electron chi connectivity index (χ2n) is 9.60. The zero-order chi connectivity index (χ0) is 24.1. The fourth-order valence-electron chi connectivity index (χ4n) is 5.00. The van der Waals surface area contributed by atoms with Crippen LogP contribution in [0.3, 0.4) is 0 Å². The van der Waals surface area contributed by atoms with Crippen LogP contribution in [0.4, 0.5) is 0 Å². The van der Waals surface area contributed by atoms with Crippen LogP contribution in [0.2, 0.25) is 0 Å². The Morgan fingerprint density at radius 1 is 1.15 bits per heavy atom. The van der Waals surface area contributed by atoms with Crippen LogP contribution < -0.4 is 15.6 Å². The molecule has 1 saturated carbocycles. The van der Waals surface area contributed by atoms with Gasteiger partial charge in [0.05, 0.1) is 13.0 Å². The first kappa shape index (κ1) is 24.5. The minimum absolute atomic E-state index is 0.0290. The van der Waals surface area contributed by atoms with Crippen LogP contribution in [-0.4, -0.2) is 55.3 Å². The van der Waals surface area contributed by atoms with E-state index >= 15 is 0 Å². The molecule has 1 N–H and O–H groups in total. The van der Waals surface area contributed by atoms with Gasteiger partial charge in [0.25, 0.3) is 5.56 Å². The Morgan fingerprint density at radius 2 is 1.94 bits per heavy atom. The first-order valence-electron chi connectivity index (χ1n) is 12.3. The molecule has 34 heavy (non-hydrogen) atoms. The Morgan fingerprint density at radius 3 is 2.65 bits per heavy atom. The lowest BCUT2D eigenvalue weighted by Crippen LogP contribution is -2.47. The van der Waals surface area contributed by atoms with Crippen molar-refractivity contribution in [2.24, 2.45) is 13.0 Å². The number of hydrogen-bond donors (Lipinski definition) is 1. The largest absolute Gasteiger partial charge is 0.497 e. The molecule has 2 fully saturated rings. The van der Waals surface area contributed by atoms with Crippen LogP contribution in [0.25, 0.3) is 0 Å². The van der Waals surface area contributed by atoms with Crippen molar-refractivity contribution in [2.45, 2.75) is 50.6 Å². The van der Waals surface area contributed by atoms with Crippen molar-refractivity contribution < 1.29 is 14.3 Å². The van der Waals surface area contributed by atoms with Gasteiger partial charge in [-0.1, -0.05) is 6.07 Å². The Labute approximate surface area is 202 Å². The summed E-state index contributed by atoms with van der Waals surface area (Å²) in [6, 6.07) is 10.3. The van der Waals surface area contributed by atoms with E-state index in [9.17, 15) is 9.59 Å². The number of ether oxygens (including phenoxy) is 2. The van der Waals surface area contributed by atoms with Gasteiger partial charge in [-0.3, -0.25) is 9.59 Å². The lowest BCUT2D eigenvalue weighted by Gasteiger charge is -2.36. The number of benzene rings is 1. The Kier molecular flexibility index (Phi) is 8.06. The Bertz CT molecular complexity index is 1050. The predicted octanol–water partition coefficient (Wildman–Crippen LogP) is 2.86. The molecule has 1 aromatic carbocycles. The van der Waals surface area contributed by atoms with Gasteiger partial charge in [-0.2, -0.15) is 0 Å². The van der Waals surface area contributed by atoms with E-state index in [1.54, 1.807) is 38.1 Å². The van der Waals surface area contributed by atoms with Gasteiger partial charge in [-0.25, -0.2) is 0 Å². The number of carbonyl (C=O) groups is 1. The highest BCUT2D eigenvalue weighted by atomic mass is 16.5. The number of amides is 1. The lowest BCUT2D eigenvalue weighted by molar-refractivity contribution is -0.138. The fraction of sp³-hybridized carbons (Fsp3) is 0.556. The van der Waals surface area contributed by atoms with Gasteiger partial charge in [-0.05, 0) is 79.5 Å². The monoisotopic (exact) mass is 467 g/mol. The molecule has 7 heteroatoms. The highest BCUT2D eigenvalue weighted by molar-refractivity contribution is 5.81. The maximum absolute atomic E-state index is 13.9. The summed E-state index contributed by atoms with van der Waals surface area (Å²) < 4.78 is 12.3. The lowest BCUT2D eigenvalue weighted by atomic mass is 9.80. The molecule has 0 unspecified atom stereocenters. The molecule has 2 aromatic rings. The summed E-state index contributed by atoms with van der Waals surface area (Å²) >= 11 is 0. The first-order valence-corrected chi connectivity index (χ1v) is 12.3. The van der Waals surface area contributed by atoms with Crippen LogP contribution >= 0.6 is 0 Å². The number of nitrogens with zero attached hydrogens (tertiary/aromatic N) is 2. The Balaban J connectivity index is 1.56. The minimum atomic E-state index is -0.173. The van der Waals surface area contributed by atoms with Gasteiger partial charge in [0.15, 0.2) is 0 Å². The number of piperidine rings is 1. The molecule has 0 radical (unpaired) electrons. The number of pyridine rings is 1. The first-order chi connectivity index (χ1) is 16.5. The van der Waals surface area contributed by atoms with E-state index in [1.165, 1.54) is 5.56 Å². The van der Waals surface area contributed by atoms with E-state index in [4.69, 9.17) is 9.47 Å². The summed E-state index contributed by atoms with van der Waals surface area (Å²) in [6.07, 6.45) is 6.61. The van der Waals surface area contributed by atoms with E-state index < -0.39 is 0 Å². The molecule has 1 aliphatic carbocycles. The van der Waals surface area contributed by atoms with Gasteiger partial charge >= 0.3 is 0 Å². The second-order valence-corrected chi connectivity index (χ2v) is 9.60. The van der Waals surface area contributed by atoms with Crippen molar-refractivity contribution >= 4 is 5.91 Å². The number of methoxy groups -OCH3 is 2. The molecule has 1 saturated heterocycles. The highest BCUT2D eigenvalue weighted by Gasteiger charge is 2.40. The molecule has 7 nitrogen and oxygen atoms in total. The van der Waals surface area contributed by atoms with Gasteiger partial charge in [0.1, 0.15) is 5.75 Å². The van der Waals surface area contributed by atoms with Crippen LogP contribution in [0.15, 0.2) is 41.3 Å². The molecule has 2 heterocycles. The van der Waals surface area contributed by atoms with Crippen molar-refractivity contribution in [3.63, 3.8) is 0 Å². The Hall–Kier alpha value is -2.64. The third-order valence-corrected chi connectivity index (χ3v) is 7.06. The van der Waals surface area contributed by atoms with Gasteiger partial charge < -0.3 is 24.3 Å².